The zero-order valence-corrected chi connectivity index (χ0v) is 12.4. The van der Waals surface area contributed by atoms with Crippen LogP contribution in [0.2, 0.25) is 0 Å². The third-order valence-electron chi connectivity index (χ3n) is 3.07. The summed E-state index contributed by atoms with van der Waals surface area (Å²) in [4.78, 5) is 15.9. The van der Waals surface area contributed by atoms with Crippen LogP contribution in [0.3, 0.4) is 0 Å². The Labute approximate surface area is 124 Å². The maximum Gasteiger partial charge on any atom is 0.225 e. The lowest BCUT2D eigenvalue weighted by molar-refractivity contribution is -0.116. The van der Waals surface area contributed by atoms with Crippen LogP contribution in [0.5, 0.6) is 0 Å². The number of nitrogens with one attached hydrogen (secondary N) is 2. The Morgan fingerprint density at radius 1 is 1.43 bits per heavy atom. The van der Waals surface area contributed by atoms with Gasteiger partial charge in [-0.05, 0) is 31.2 Å². The smallest absolute Gasteiger partial charge is 0.225 e. The molecule has 21 heavy (non-hydrogen) atoms. The summed E-state index contributed by atoms with van der Waals surface area (Å²) < 4.78 is 1.74. The molecule has 0 fully saturated rings. The number of nitrogens with zero attached hydrogens (tertiary/aromatic N) is 3. The molecule has 0 aliphatic heterocycles. The average Bonchev–Trinajstić information content (AvgIpc) is 2.92. The third-order valence-corrected chi connectivity index (χ3v) is 3.07. The van der Waals surface area contributed by atoms with Gasteiger partial charge in [-0.1, -0.05) is 19.1 Å². The van der Waals surface area contributed by atoms with Gasteiger partial charge in [0.2, 0.25) is 5.91 Å². The molecule has 1 unspecified atom stereocenters. The second-order valence-electron chi connectivity index (χ2n) is 5.00. The van der Waals surface area contributed by atoms with Crippen molar-refractivity contribution < 1.29 is 4.79 Å². The van der Waals surface area contributed by atoms with Crippen LogP contribution in [0.4, 0.5) is 5.69 Å². The maximum absolute atomic E-state index is 11.9. The Balaban J connectivity index is 1.93. The molecule has 0 saturated carbocycles. The number of aromatic nitrogens is 3. The Kier molecular flexibility index (Phi) is 5.45. The van der Waals surface area contributed by atoms with Crippen LogP contribution >= 0.6 is 0 Å². The number of amides is 1. The molecule has 1 atom stereocenters. The number of carbonyl (C=O) groups is 1. The first kappa shape index (κ1) is 15.2. The molecule has 112 valence electrons. The van der Waals surface area contributed by atoms with Crippen molar-refractivity contribution in [1.29, 1.82) is 0 Å². The van der Waals surface area contributed by atoms with Gasteiger partial charge in [-0.3, -0.25) is 4.79 Å². The average molecular weight is 287 g/mol. The van der Waals surface area contributed by atoms with E-state index in [9.17, 15) is 4.79 Å². The number of carbonyl (C=O) groups excluding carboxylic acids is 1. The zero-order chi connectivity index (χ0) is 15.1. The number of hydrogen-bond donors (Lipinski definition) is 2. The first-order chi connectivity index (χ1) is 10.2. The molecular weight excluding hydrogens is 266 g/mol. The molecule has 6 nitrogen and oxygen atoms in total. The Morgan fingerprint density at radius 3 is 3.00 bits per heavy atom. The number of anilines is 1. The molecule has 0 bridgehead atoms. The van der Waals surface area contributed by atoms with Gasteiger partial charge in [-0.25, -0.2) is 9.67 Å². The SMILES string of the molecule is CCNC(C)CC(=O)Nc1cccc(Cn2cncn2)c1. The fourth-order valence-electron chi connectivity index (χ4n) is 2.16. The first-order valence-electron chi connectivity index (χ1n) is 7.12. The van der Waals surface area contributed by atoms with E-state index in [4.69, 9.17) is 0 Å². The van der Waals surface area contributed by atoms with E-state index in [0.29, 0.717) is 13.0 Å². The fourth-order valence-corrected chi connectivity index (χ4v) is 2.16. The minimum absolute atomic E-state index is 0.0151. The summed E-state index contributed by atoms with van der Waals surface area (Å²) >= 11 is 0. The molecule has 1 amide bonds. The van der Waals surface area contributed by atoms with E-state index in [1.165, 1.54) is 6.33 Å². The van der Waals surface area contributed by atoms with Gasteiger partial charge in [0, 0.05) is 18.2 Å². The molecule has 2 rings (SSSR count). The van der Waals surface area contributed by atoms with Crippen LogP contribution in [0, 0.1) is 0 Å². The van der Waals surface area contributed by atoms with Crippen LogP contribution < -0.4 is 10.6 Å². The molecule has 2 aromatic rings. The highest BCUT2D eigenvalue weighted by Crippen LogP contribution is 2.12. The topological polar surface area (TPSA) is 71.8 Å². The van der Waals surface area contributed by atoms with Gasteiger partial charge in [0.1, 0.15) is 12.7 Å². The van der Waals surface area contributed by atoms with Crippen LogP contribution in [-0.2, 0) is 11.3 Å². The summed E-state index contributed by atoms with van der Waals surface area (Å²) in [5, 5.41) is 10.2. The molecule has 0 radical (unpaired) electrons. The largest absolute Gasteiger partial charge is 0.326 e. The van der Waals surface area contributed by atoms with Gasteiger partial charge in [0.15, 0.2) is 0 Å². The summed E-state index contributed by atoms with van der Waals surface area (Å²) in [6.07, 6.45) is 3.64. The van der Waals surface area contributed by atoms with Crippen molar-refractivity contribution in [3.63, 3.8) is 0 Å². The molecule has 6 heteroatoms. The van der Waals surface area contributed by atoms with E-state index in [0.717, 1.165) is 17.8 Å². The summed E-state index contributed by atoms with van der Waals surface area (Å²) in [6, 6.07) is 7.94. The minimum atomic E-state index is 0.0151. The van der Waals surface area contributed by atoms with Crippen molar-refractivity contribution in [2.24, 2.45) is 0 Å². The van der Waals surface area contributed by atoms with Crippen LogP contribution in [0.15, 0.2) is 36.9 Å². The second kappa shape index (κ2) is 7.54. The summed E-state index contributed by atoms with van der Waals surface area (Å²) in [6.45, 7) is 5.53. The maximum atomic E-state index is 11.9. The van der Waals surface area contributed by atoms with E-state index in [2.05, 4.69) is 20.7 Å². The normalized spacial score (nSPS) is 12.1. The van der Waals surface area contributed by atoms with Crippen molar-refractivity contribution in [3.05, 3.63) is 42.5 Å². The van der Waals surface area contributed by atoms with Crippen molar-refractivity contribution in [1.82, 2.24) is 20.1 Å². The third kappa shape index (κ3) is 5.00. The van der Waals surface area contributed by atoms with E-state index in [1.807, 2.05) is 38.1 Å². The number of hydrogen-bond acceptors (Lipinski definition) is 4. The van der Waals surface area contributed by atoms with Gasteiger partial charge >= 0.3 is 0 Å². The van der Waals surface area contributed by atoms with E-state index >= 15 is 0 Å². The van der Waals surface area contributed by atoms with Crippen LogP contribution in [-0.4, -0.2) is 33.3 Å². The lowest BCUT2D eigenvalue weighted by Gasteiger charge is -2.12. The number of rotatable bonds is 7. The van der Waals surface area contributed by atoms with Crippen molar-refractivity contribution in [3.8, 4) is 0 Å². The molecule has 0 aliphatic carbocycles. The van der Waals surface area contributed by atoms with Gasteiger partial charge in [0.05, 0.1) is 6.54 Å². The predicted octanol–water partition coefficient (Wildman–Crippen LogP) is 1.65. The quantitative estimate of drug-likeness (QED) is 0.812. The Morgan fingerprint density at radius 2 is 2.29 bits per heavy atom. The lowest BCUT2D eigenvalue weighted by atomic mass is 10.2. The molecule has 1 aromatic heterocycles. The Hall–Kier alpha value is -2.21. The van der Waals surface area contributed by atoms with Crippen LogP contribution in [0.1, 0.15) is 25.8 Å². The summed E-state index contributed by atoms with van der Waals surface area (Å²) in [7, 11) is 0. The number of benzene rings is 1. The minimum Gasteiger partial charge on any atom is -0.326 e. The first-order valence-corrected chi connectivity index (χ1v) is 7.12. The molecule has 2 N–H and O–H groups in total. The summed E-state index contributed by atoms with van der Waals surface area (Å²) in [5.74, 6) is 0.0151. The zero-order valence-electron chi connectivity index (χ0n) is 12.4. The van der Waals surface area contributed by atoms with Gasteiger partial charge in [-0.2, -0.15) is 5.10 Å². The van der Waals surface area contributed by atoms with E-state index < -0.39 is 0 Å². The molecule has 0 spiro atoms. The van der Waals surface area contributed by atoms with Gasteiger partial charge < -0.3 is 10.6 Å². The predicted molar refractivity (Wildman–Crippen MR) is 82.0 cm³/mol. The second-order valence-corrected chi connectivity index (χ2v) is 5.00. The molecule has 0 saturated heterocycles. The van der Waals surface area contributed by atoms with Gasteiger partial charge in [-0.15, -0.1) is 0 Å². The lowest BCUT2D eigenvalue weighted by Crippen LogP contribution is -2.30. The standard InChI is InChI=1S/C15H21N5O/c1-3-17-12(2)7-15(21)19-14-6-4-5-13(8-14)9-20-11-16-10-18-20/h4-6,8,10-12,17H,3,7,9H2,1-2H3,(H,19,21). The molecular formula is C15H21N5O. The highest BCUT2D eigenvalue weighted by molar-refractivity contribution is 5.91. The van der Waals surface area contributed by atoms with Crippen LogP contribution in [0.25, 0.3) is 0 Å². The fraction of sp³-hybridized carbons (Fsp3) is 0.400. The Bertz CT molecular complexity index is 567. The van der Waals surface area contributed by atoms with E-state index in [1.54, 1.807) is 11.0 Å². The van der Waals surface area contributed by atoms with Crippen molar-refractivity contribution in [2.75, 3.05) is 11.9 Å². The molecule has 1 heterocycles. The summed E-state index contributed by atoms with van der Waals surface area (Å²) in [5.41, 5.74) is 1.87. The molecule has 0 aliphatic rings. The monoisotopic (exact) mass is 287 g/mol. The van der Waals surface area contributed by atoms with Crippen molar-refractivity contribution in [2.45, 2.75) is 32.9 Å². The highest BCUT2D eigenvalue weighted by atomic mass is 16.1. The van der Waals surface area contributed by atoms with Gasteiger partial charge in [0.25, 0.3) is 0 Å². The molecule has 1 aromatic carbocycles. The van der Waals surface area contributed by atoms with Crippen molar-refractivity contribution >= 4 is 11.6 Å². The van der Waals surface area contributed by atoms with E-state index in [-0.39, 0.29) is 11.9 Å². The highest BCUT2D eigenvalue weighted by Gasteiger charge is 2.08.